The number of nitrogens with zero attached hydrogens (tertiary/aromatic N) is 3. The van der Waals surface area contributed by atoms with E-state index in [4.69, 9.17) is 16.2 Å². The molecule has 206 valence electrons. The SMILES string of the molecule is NC1=N[C@H]2[C@H](CN3C(=O)CCC3=O)NC(N)=[N+]3CC(NC(=O)c4cccc5c4OCC54CCC4)C(O)(O)[C@]23N1. The number of aliphatic imine (C=N–C) groups is 1. The lowest BCUT2D eigenvalue weighted by molar-refractivity contribution is -0.623. The number of hydrogen-bond donors (Lipinski definition) is 7. The van der Waals surface area contributed by atoms with Gasteiger partial charge < -0.3 is 31.3 Å². The number of nitrogens with one attached hydrogen (secondary N) is 3. The zero-order valence-electron chi connectivity index (χ0n) is 21.1. The number of carbonyl (C=O) groups is 3. The average molecular weight is 540 g/mol. The van der Waals surface area contributed by atoms with E-state index in [1.54, 1.807) is 6.07 Å². The Labute approximate surface area is 223 Å². The van der Waals surface area contributed by atoms with Crippen molar-refractivity contribution >= 4 is 29.6 Å². The van der Waals surface area contributed by atoms with Gasteiger partial charge in [0.05, 0.1) is 25.3 Å². The summed E-state index contributed by atoms with van der Waals surface area (Å²) in [6.45, 7) is 0.358. The lowest BCUT2D eigenvalue weighted by Gasteiger charge is -2.44. The highest BCUT2D eigenvalue weighted by Crippen LogP contribution is 2.52. The van der Waals surface area contributed by atoms with E-state index in [1.807, 2.05) is 12.1 Å². The average Bonchev–Trinajstić information content (AvgIpc) is 3.58. The summed E-state index contributed by atoms with van der Waals surface area (Å²) in [5.74, 6) is -3.25. The second kappa shape index (κ2) is 7.82. The fourth-order valence-electron chi connectivity index (χ4n) is 7.16. The number of benzene rings is 1. The number of carbonyl (C=O) groups excluding carboxylic acids is 3. The molecule has 1 saturated carbocycles. The van der Waals surface area contributed by atoms with Crippen molar-refractivity contribution in [2.45, 2.75) is 67.1 Å². The first-order valence-corrected chi connectivity index (χ1v) is 13.2. The van der Waals surface area contributed by atoms with Gasteiger partial charge in [0.1, 0.15) is 23.9 Å². The zero-order valence-corrected chi connectivity index (χ0v) is 21.1. The molecule has 7 rings (SSSR count). The molecule has 2 saturated heterocycles. The van der Waals surface area contributed by atoms with E-state index in [1.165, 1.54) is 4.58 Å². The number of para-hydroxylation sites is 1. The molecule has 0 aromatic heterocycles. The monoisotopic (exact) mass is 539 g/mol. The first-order chi connectivity index (χ1) is 18.6. The molecule has 4 atom stereocenters. The van der Waals surface area contributed by atoms with Crippen LogP contribution >= 0.6 is 0 Å². The highest BCUT2D eigenvalue weighted by Gasteiger charge is 2.75. The number of aliphatic hydroxyl groups is 2. The van der Waals surface area contributed by atoms with Gasteiger partial charge in [-0.15, -0.1) is 0 Å². The van der Waals surface area contributed by atoms with E-state index in [2.05, 4.69) is 20.9 Å². The molecule has 5 aliphatic heterocycles. The summed E-state index contributed by atoms with van der Waals surface area (Å²) < 4.78 is 7.45. The summed E-state index contributed by atoms with van der Waals surface area (Å²) >= 11 is 0. The van der Waals surface area contributed by atoms with Crippen LogP contribution in [0.2, 0.25) is 0 Å². The molecule has 5 heterocycles. The fourth-order valence-corrected chi connectivity index (χ4v) is 7.16. The van der Waals surface area contributed by atoms with Crippen LogP contribution in [0, 0.1) is 0 Å². The standard InChI is InChI=1S/C25H30N8O6/c26-21-30-19-14(9-32-16(34)5-6-17(32)35)28-22(27)33-10-15(25(37,38)24(19,33)31-21)29-20(36)12-3-1-4-13-18(12)39-11-23(13)7-2-8-23/h1,3-4,14-15,19,37-38H,2,5-11H2,(H6,26,27,28,29,30,31,36)/p+1/t14-,15?,19-,24-/m0/s1. The maximum absolute atomic E-state index is 13.5. The summed E-state index contributed by atoms with van der Waals surface area (Å²) in [5.41, 5.74) is 11.9. The first-order valence-electron chi connectivity index (χ1n) is 13.2. The lowest BCUT2D eigenvalue weighted by Crippen LogP contribution is -2.79. The van der Waals surface area contributed by atoms with Crippen LogP contribution in [-0.4, -0.2) is 98.6 Å². The molecule has 0 radical (unpaired) electrons. The smallest absolute Gasteiger partial charge is 0.346 e. The predicted octanol–water partition coefficient (Wildman–Crippen LogP) is -3.28. The van der Waals surface area contributed by atoms with E-state index < -0.39 is 35.5 Å². The van der Waals surface area contributed by atoms with Crippen molar-refractivity contribution < 1.29 is 33.9 Å². The molecular formula is C25H31N8O6+. The van der Waals surface area contributed by atoms with Crippen LogP contribution in [0.3, 0.4) is 0 Å². The molecule has 14 heteroatoms. The van der Waals surface area contributed by atoms with Gasteiger partial charge in [-0.2, -0.15) is 0 Å². The van der Waals surface area contributed by atoms with E-state index >= 15 is 0 Å². The Morgan fingerprint density at radius 3 is 2.67 bits per heavy atom. The number of fused-ring (bicyclic) bond motifs is 2. The first kappa shape index (κ1) is 24.2. The Morgan fingerprint density at radius 1 is 1.23 bits per heavy atom. The number of likely N-dealkylation sites (tertiary alicyclic amines) is 1. The number of imide groups is 1. The van der Waals surface area contributed by atoms with Gasteiger partial charge in [0.25, 0.3) is 5.91 Å². The van der Waals surface area contributed by atoms with E-state index in [0.717, 1.165) is 29.7 Å². The molecule has 6 aliphatic rings. The van der Waals surface area contributed by atoms with Crippen molar-refractivity contribution in [3.8, 4) is 5.75 Å². The normalized spacial score (nSPS) is 33.0. The Bertz CT molecular complexity index is 1370. The number of amides is 3. The van der Waals surface area contributed by atoms with Crippen molar-refractivity contribution in [1.29, 1.82) is 0 Å². The summed E-state index contributed by atoms with van der Waals surface area (Å²) in [6.07, 6.45) is 3.36. The van der Waals surface area contributed by atoms with Crippen molar-refractivity contribution in [3.05, 3.63) is 29.3 Å². The molecule has 0 bridgehead atoms. The third kappa shape index (κ3) is 3.06. The summed E-state index contributed by atoms with van der Waals surface area (Å²) in [5, 5.41) is 32.1. The van der Waals surface area contributed by atoms with Gasteiger partial charge in [0, 0.05) is 23.8 Å². The summed E-state index contributed by atoms with van der Waals surface area (Å²) in [6, 6.07) is 2.51. The number of rotatable bonds is 4. The second-order valence-corrected chi connectivity index (χ2v) is 11.4. The number of hydrogen-bond acceptors (Lipinski definition) is 11. The van der Waals surface area contributed by atoms with Gasteiger partial charge in [-0.25, -0.2) is 9.57 Å². The summed E-state index contributed by atoms with van der Waals surface area (Å²) in [7, 11) is 0. The molecule has 1 aliphatic carbocycles. The Kier molecular flexibility index (Phi) is 4.84. The van der Waals surface area contributed by atoms with E-state index in [9.17, 15) is 24.6 Å². The third-order valence-electron chi connectivity index (χ3n) is 9.34. The van der Waals surface area contributed by atoms with E-state index in [-0.39, 0.29) is 55.1 Å². The van der Waals surface area contributed by atoms with E-state index in [0.29, 0.717) is 17.9 Å². The summed E-state index contributed by atoms with van der Waals surface area (Å²) in [4.78, 5) is 43.7. The van der Waals surface area contributed by atoms with Crippen molar-refractivity contribution in [2.24, 2.45) is 16.5 Å². The molecule has 1 aromatic rings. The number of ether oxygens (including phenoxy) is 1. The number of nitrogens with two attached hydrogens (primary N) is 2. The Hall–Kier alpha value is -3.91. The highest BCUT2D eigenvalue weighted by atomic mass is 16.5. The highest BCUT2D eigenvalue weighted by molar-refractivity contribution is 6.02. The third-order valence-corrected chi connectivity index (χ3v) is 9.34. The lowest BCUT2D eigenvalue weighted by atomic mass is 9.66. The van der Waals surface area contributed by atoms with Gasteiger partial charge in [0.2, 0.25) is 23.3 Å². The van der Waals surface area contributed by atoms with Gasteiger partial charge in [-0.05, 0) is 18.9 Å². The fraction of sp³-hybridized carbons (Fsp3) is 0.560. The maximum Gasteiger partial charge on any atom is 0.346 e. The predicted molar refractivity (Wildman–Crippen MR) is 134 cm³/mol. The van der Waals surface area contributed by atoms with Crippen LogP contribution in [0.1, 0.15) is 48.0 Å². The van der Waals surface area contributed by atoms with Crippen molar-refractivity contribution in [3.63, 3.8) is 0 Å². The Balaban J connectivity index is 1.19. The Morgan fingerprint density at radius 2 is 1.97 bits per heavy atom. The maximum atomic E-state index is 13.5. The zero-order chi connectivity index (χ0) is 27.3. The molecule has 39 heavy (non-hydrogen) atoms. The van der Waals surface area contributed by atoms with Crippen LogP contribution in [0.5, 0.6) is 5.75 Å². The minimum absolute atomic E-state index is 0.0473. The molecule has 3 fully saturated rings. The number of guanidine groups is 2. The topological polar surface area (TPSA) is 208 Å². The molecule has 1 unspecified atom stereocenters. The van der Waals surface area contributed by atoms with Gasteiger partial charge in [-0.3, -0.25) is 30.3 Å². The van der Waals surface area contributed by atoms with Crippen LogP contribution in [-0.2, 0) is 15.0 Å². The second-order valence-electron chi connectivity index (χ2n) is 11.4. The largest absolute Gasteiger partial charge is 0.492 e. The molecule has 2 spiro atoms. The quantitative estimate of drug-likeness (QED) is 0.115. The minimum Gasteiger partial charge on any atom is -0.492 e. The van der Waals surface area contributed by atoms with Gasteiger partial charge >= 0.3 is 5.96 Å². The van der Waals surface area contributed by atoms with Crippen LogP contribution < -0.4 is 32.2 Å². The molecule has 3 amide bonds. The van der Waals surface area contributed by atoms with Gasteiger partial charge in [-0.1, -0.05) is 18.6 Å². The van der Waals surface area contributed by atoms with Crippen LogP contribution in [0.15, 0.2) is 23.2 Å². The minimum atomic E-state index is -2.62. The molecule has 1 aromatic carbocycles. The van der Waals surface area contributed by atoms with Crippen LogP contribution in [0.25, 0.3) is 0 Å². The van der Waals surface area contributed by atoms with Crippen molar-refractivity contribution in [1.82, 2.24) is 20.9 Å². The van der Waals surface area contributed by atoms with Crippen molar-refractivity contribution in [2.75, 3.05) is 19.7 Å². The molecule has 9 N–H and O–H groups in total. The van der Waals surface area contributed by atoms with Crippen LogP contribution in [0.4, 0.5) is 0 Å². The molecule has 14 nitrogen and oxygen atoms in total. The molecular weight excluding hydrogens is 508 g/mol. The van der Waals surface area contributed by atoms with Gasteiger partial charge in [0.15, 0.2) is 5.96 Å².